The van der Waals surface area contributed by atoms with E-state index in [9.17, 15) is 0 Å². The molecule has 1 N–H and O–H groups in total. The van der Waals surface area contributed by atoms with Gasteiger partial charge < -0.3 is 10.2 Å². The van der Waals surface area contributed by atoms with E-state index in [0.29, 0.717) is 0 Å². The second-order valence-electron chi connectivity index (χ2n) is 4.93. The molecule has 1 saturated carbocycles. The predicted octanol–water partition coefficient (Wildman–Crippen LogP) is 2.43. The van der Waals surface area contributed by atoms with Gasteiger partial charge in [-0.15, -0.1) is 0 Å². The second-order valence-corrected chi connectivity index (χ2v) is 4.93. The Morgan fingerprint density at radius 1 is 1.47 bits per heavy atom. The van der Waals surface area contributed by atoms with Gasteiger partial charge in [0.25, 0.3) is 0 Å². The third kappa shape index (κ3) is 3.70. The lowest BCUT2D eigenvalue weighted by molar-refractivity contribution is 0.705. The molecule has 0 aromatic carbocycles. The quantitative estimate of drug-likeness (QED) is 0.784. The highest BCUT2D eigenvalue weighted by Gasteiger charge is 2.24. The third-order valence-electron chi connectivity index (χ3n) is 3.19. The number of anilines is 1. The lowest BCUT2D eigenvalue weighted by atomic mass is 10.2. The molecule has 1 aromatic heterocycles. The number of pyridine rings is 1. The number of aromatic nitrogens is 1. The van der Waals surface area contributed by atoms with Gasteiger partial charge in [0, 0.05) is 31.5 Å². The molecule has 0 saturated heterocycles. The standard InChI is InChI=1S/C14H23N3/c1-3-8-17(11-12-4-5-12)14-6-7-16-13(9-14)10-15-2/h6-7,9,12,15H,3-5,8,10-11H2,1-2H3. The molecule has 1 aliphatic rings. The van der Waals surface area contributed by atoms with Crippen LogP contribution in [0.15, 0.2) is 18.3 Å². The zero-order valence-corrected chi connectivity index (χ0v) is 10.9. The monoisotopic (exact) mass is 233 g/mol. The number of nitrogens with one attached hydrogen (secondary N) is 1. The topological polar surface area (TPSA) is 28.2 Å². The molecule has 0 atom stereocenters. The molecule has 17 heavy (non-hydrogen) atoms. The van der Waals surface area contributed by atoms with E-state index in [-0.39, 0.29) is 0 Å². The van der Waals surface area contributed by atoms with E-state index in [4.69, 9.17) is 0 Å². The van der Waals surface area contributed by atoms with Crippen LogP contribution in [0.25, 0.3) is 0 Å². The van der Waals surface area contributed by atoms with E-state index in [1.54, 1.807) is 0 Å². The summed E-state index contributed by atoms with van der Waals surface area (Å²) in [5.41, 5.74) is 2.46. The van der Waals surface area contributed by atoms with Crippen LogP contribution < -0.4 is 10.2 Å². The lowest BCUT2D eigenvalue weighted by Crippen LogP contribution is -2.26. The van der Waals surface area contributed by atoms with Crippen LogP contribution in [-0.2, 0) is 6.54 Å². The molecule has 0 aliphatic heterocycles. The number of rotatable bonds is 7. The van der Waals surface area contributed by atoms with Crippen molar-refractivity contribution in [2.75, 3.05) is 25.0 Å². The van der Waals surface area contributed by atoms with Gasteiger partial charge in [0.1, 0.15) is 0 Å². The fourth-order valence-corrected chi connectivity index (χ4v) is 2.15. The second kappa shape index (κ2) is 6.01. The normalized spacial score (nSPS) is 14.9. The van der Waals surface area contributed by atoms with Gasteiger partial charge >= 0.3 is 0 Å². The summed E-state index contributed by atoms with van der Waals surface area (Å²) in [6.45, 7) is 5.46. The Kier molecular flexibility index (Phi) is 4.37. The van der Waals surface area contributed by atoms with Crippen LogP contribution in [0.4, 0.5) is 5.69 Å². The van der Waals surface area contributed by atoms with Gasteiger partial charge in [-0.1, -0.05) is 6.92 Å². The molecule has 0 spiro atoms. The molecular weight excluding hydrogens is 210 g/mol. The van der Waals surface area contributed by atoms with Gasteiger partial charge in [0.05, 0.1) is 5.69 Å². The van der Waals surface area contributed by atoms with Gasteiger partial charge in [0.15, 0.2) is 0 Å². The molecular formula is C14H23N3. The van der Waals surface area contributed by atoms with Crippen molar-refractivity contribution in [2.24, 2.45) is 5.92 Å². The smallest absolute Gasteiger partial charge is 0.0562 e. The van der Waals surface area contributed by atoms with Crippen LogP contribution in [0.3, 0.4) is 0 Å². The molecule has 3 heteroatoms. The van der Waals surface area contributed by atoms with Gasteiger partial charge in [-0.3, -0.25) is 4.98 Å². The number of hydrogen-bond donors (Lipinski definition) is 1. The maximum absolute atomic E-state index is 4.38. The summed E-state index contributed by atoms with van der Waals surface area (Å²) in [5.74, 6) is 0.933. The van der Waals surface area contributed by atoms with Crippen molar-refractivity contribution in [2.45, 2.75) is 32.7 Å². The van der Waals surface area contributed by atoms with E-state index < -0.39 is 0 Å². The maximum atomic E-state index is 4.38. The minimum absolute atomic E-state index is 0.844. The van der Waals surface area contributed by atoms with Crippen LogP contribution in [-0.4, -0.2) is 25.1 Å². The molecule has 0 radical (unpaired) electrons. The Morgan fingerprint density at radius 3 is 2.94 bits per heavy atom. The highest BCUT2D eigenvalue weighted by molar-refractivity contribution is 5.46. The summed E-state index contributed by atoms with van der Waals surface area (Å²) in [4.78, 5) is 6.89. The first-order chi connectivity index (χ1) is 8.33. The van der Waals surface area contributed by atoms with Crippen molar-refractivity contribution < 1.29 is 0 Å². The Labute approximate surface area is 104 Å². The SMILES string of the molecule is CCCN(CC1CC1)c1ccnc(CNC)c1. The van der Waals surface area contributed by atoms with Gasteiger partial charge in [-0.2, -0.15) is 0 Å². The highest BCUT2D eigenvalue weighted by atomic mass is 15.1. The van der Waals surface area contributed by atoms with Crippen molar-refractivity contribution in [3.05, 3.63) is 24.0 Å². The summed E-state index contributed by atoms with van der Waals surface area (Å²) >= 11 is 0. The first-order valence-electron chi connectivity index (χ1n) is 6.68. The van der Waals surface area contributed by atoms with Crippen molar-refractivity contribution in [3.63, 3.8) is 0 Å². The molecule has 1 aliphatic carbocycles. The van der Waals surface area contributed by atoms with Crippen LogP contribution in [0.1, 0.15) is 31.9 Å². The van der Waals surface area contributed by atoms with E-state index in [1.165, 1.54) is 31.5 Å². The summed E-state index contributed by atoms with van der Waals surface area (Å²) in [5, 5.41) is 3.15. The predicted molar refractivity (Wildman–Crippen MR) is 72.2 cm³/mol. The fourth-order valence-electron chi connectivity index (χ4n) is 2.15. The van der Waals surface area contributed by atoms with Crippen LogP contribution in [0, 0.1) is 5.92 Å². The molecule has 1 heterocycles. The number of hydrogen-bond acceptors (Lipinski definition) is 3. The summed E-state index contributed by atoms with van der Waals surface area (Å²) < 4.78 is 0. The number of nitrogens with zero attached hydrogens (tertiary/aromatic N) is 2. The van der Waals surface area contributed by atoms with Crippen molar-refractivity contribution in [1.29, 1.82) is 0 Å². The van der Waals surface area contributed by atoms with Crippen molar-refractivity contribution >= 4 is 5.69 Å². The minimum atomic E-state index is 0.844. The molecule has 0 unspecified atom stereocenters. The van der Waals surface area contributed by atoms with Crippen molar-refractivity contribution in [3.8, 4) is 0 Å². The van der Waals surface area contributed by atoms with Crippen LogP contribution in [0.5, 0.6) is 0 Å². The molecule has 1 fully saturated rings. The van der Waals surface area contributed by atoms with E-state index in [1.807, 2.05) is 13.2 Å². The van der Waals surface area contributed by atoms with Crippen LogP contribution in [0.2, 0.25) is 0 Å². The van der Waals surface area contributed by atoms with E-state index in [0.717, 1.165) is 24.7 Å². The Balaban J connectivity index is 2.06. The van der Waals surface area contributed by atoms with E-state index in [2.05, 4.69) is 34.3 Å². The molecule has 2 rings (SSSR count). The highest BCUT2D eigenvalue weighted by Crippen LogP contribution is 2.31. The van der Waals surface area contributed by atoms with Gasteiger partial charge in [-0.25, -0.2) is 0 Å². The average molecular weight is 233 g/mol. The Morgan fingerprint density at radius 2 is 2.29 bits per heavy atom. The zero-order valence-electron chi connectivity index (χ0n) is 10.9. The average Bonchev–Trinajstić information content (AvgIpc) is 3.13. The first-order valence-corrected chi connectivity index (χ1v) is 6.68. The first kappa shape index (κ1) is 12.4. The van der Waals surface area contributed by atoms with Gasteiger partial charge in [-0.05, 0) is 44.4 Å². The fraction of sp³-hybridized carbons (Fsp3) is 0.643. The summed E-state index contributed by atoms with van der Waals surface area (Å²) in [6.07, 6.45) is 5.96. The largest absolute Gasteiger partial charge is 0.371 e. The Hall–Kier alpha value is -1.09. The molecule has 1 aromatic rings. The minimum Gasteiger partial charge on any atom is -0.371 e. The Bertz CT molecular complexity index is 347. The molecule has 3 nitrogen and oxygen atoms in total. The van der Waals surface area contributed by atoms with Gasteiger partial charge in [0.2, 0.25) is 0 Å². The van der Waals surface area contributed by atoms with Crippen molar-refractivity contribution in [1.82, 2.24) is 10.3 Å². The summed E-state index contributed by atoms with van der Waals surface area (Å²) in [7, 11) is 1.96. The van der Waals surface area contributed by atoms with E-state index >= 15 is 0 Å². The van der Waals surface area contributed by atoms with Crippen LogP contribution >= 0.6 is 0 Å². The maximum Gasteiger partial charge on any atom is 0.0562 e. The molecule has 0 bridgehead atoms. The summed E-state index contributed by atoms with van der Waals surface area (Å²) in [6, 6.07) is 4.35. The molecule has 0 amide bonds. The molecule has 94 valence electrons. The third-order valence-corrected chi connectivity index (χ3v) is 3.19. The zero-order chi connectivity index (χ0) is 12.1. The lowest BCUT2D eigenvalue weighted by Gasteiger charge is -2.24.